The molecule has 0 atom stereocenters. The molecule has 6 nitrogen and oxygen atoms in total. The van der Waals surface area contributed by atoms with Crippen molar-refractivity contribution >= 4 is 28.7 Å². The standard InChI is InChI=1S/C12H12ClNO5/c1-19-6-10(15)14-5-7-2-8(11(13)16)4-9(3-7)12(17)18/h2-4H,5-6H2,1H3,(H,14,15)(H,17,18). The van der Waals surface area contributed by atoms with Gasteiger partial charge in [0.15, 0.2) is 0 Å². The van der Waals surface area contributed by atoms with E-state index in [1.54, 1.807) is 0 Å². The number of hydrogen-bond acceptors (Lipinski definition) is 4. The molecule has 1 aromatic rings. The van der Waals surface area contributed by atoms with Crippen LogP contribution < -0.4 is 5.32 Å². The summed E-state index contributed by atoms with van der Waals surface area (Å²) in [7, 11) is 1.38. The van der Waals surface area contributed by atoms with Crippen molar-refractivity contribution in [2.75, 3.05) is 13.7 Å². The largest absolute Gasteiger partial charge is 0.478 e. The van der Waals surface area contributed by atoms with Crippen LogP contribution in [0.1, 0.15) is 26.3 Å². The molecular formula is C12H12ClNO5. The maximum atomic E-state index is 11.2. The summed E-state index contributed by atoms with van der Waals surface area (Å²) in [6.45, 7) is -0.0135. The lowest BCUT2D eigenvalue weighted by Crippen LogP contribution is -2.26. The minimum atomic E-state index is -1.18. The summed E-state index contributed by atoms with van der Waals surface area (Å²) in [5.41, 5.74) is 0.466. The Labute approximate surface area is 114 Å². The molecule has 0 spiro atoms. The smallest absolute Gasteiger partial charge is 0.335 e. The number of carbonyl (C=O) groups is 3. The number of rotatable bonds is 6. The van der Waals surface area contributed by atoms with Crippen LogP contribution in [0.15, 0.2) is 18.2 Å². The van der Waals surface area contributed by atoms with Gasteiger partial charge in [-0.2, -0.15) is 0 Å². The third kappa shape index (κ3) is 4.69. The number of carbonyl (C=O) groups excluding carboxylic acids is 2. The van der Waals surface area contributed by atoms with Crippen molar-refractivity contribution in [2.24, 2.45) is 0 Å². The predicted molar refractivity (Wildman–Crippen MR) is 67.3 cm³/mol. The van der Waals surface area contributed by atoms with Crippen molar-refractivity contribution in [3.05, 3.63) is 34.9 Å². The first kappa shape index (κ1) is 15.1. The number of methoxy groups -OCH3 is 1. The van der Waals surface area contributed by atoms with Crippen LogP contribution in [-0.4, -0.2) is 35.9 Å². The van der Waals surface area contributed by atoms with E-state index in [0.29, 0.717) is 5.56 Å². The molecule has 0 heterocycles. The molecule has 0 radical (unpaired) electrons. The van der Waals surface area contributed by atoms with Crippen molar-refractivity contribution in [3.63, 3.8) is 0 Å². The highest BCUT2D eigenvalue weighted by molar-refractivity contribution is 6.67. The van der Waals surface area contributed by atoms with Gasteiger partial charge in [0, 0.05) is 19.2 Å². The van der Waals surface area contributed by atoms with Crippen LogP contribution in [0.5, 0.6) is 0 Å². The van der Waals surface area contributed by atoms with Gasteiger partial charge >= 0.3 is 5.97 Å². The predicted octanol–water partition coefficient (Wildman–Crippen LogP) is 1.03. The van der Waals surface area contributed by atoms with Crippen LogP contribution in [0.3, 0.4) is 0 Å². The van der Waals surface area contributed by atoms with E-state index in [2.05, 4.69) is 10.1 Å². The van der Waals surface area contributed by atoms with Crippen LogP contribution in [0.25, 0.3) is 0 Å². The van der Waals surface area contributed by atoms with E-state index in [9.17, 15) is 14.4 Å². The van der Waals surface area contributed by atoms with Gasteiger partial charge in [-0.15, -0.1) is 0 Å². The van der Waals surface area contributed by atoms with Crippen LogP contribution >= 0.6 is 11.6 Å². The average Bonchev–Trinajstić information content (AvgIpc) is 2.36. The van der Waals surface area contributed by atoms with Gasteiger partial charge < -0.3 is 15.2 Å². The van der Waals surface area contributed by atoms with Gasteiger partial charge in [-0.05, 0) is 35.4 Å². The van der Waals surface area contributed by atoms with Crippen LogP contribution in [0.4, 0.5) is 0 Å². The van der Waals surface area contributed by atoms with Crippen molar-refractivity contribution in [2.45, 2.75) is 6.54 Å². The topological polar surface area (TPSA) is 92.7 Å². The molecule has 7 heteroatoms. The first-order valence-electron chi connectivity index (χ1n) is 5.26. The Morgan fingerprint density at radius 2 is 1.89 bits per heavy atom. The summed E-state index contributed by atoms with van der Waals surface area (Å²) in [4.78, 5) is 33.2. The van der Waals surface area contributed by atoms with E-state index in [4.69, 9.17) is 16.7 Å². The van der Waals surface area contributed by atoms with Crippen molar-refractivity contribution < 1.29 is 24.2 Å². The number of amides is 1. The molecule has 0 aliphatic carbocycles. The van der Waals surface area contributed by atoms with Gasteiger partial charge in [0.2, 0.25) is 5.91 Å². The number of hydrogen-bond donors (Lipinski definition) is 2. The summed E-state index contributed by atoms with van der Waals surface area (Å²) < 4.78 is 4.63. The summed E-state index contributed by atoms with van der Waals surface area (Å²) in [6, 6.07) is 3.96. The number of carboxylic acids is 1. The zero-order valence-electron chi connectivity index (χ0n) is 10.1. The molecule has 0 fully saturated rings. The lowest BCUT2D eigenvalue weighted by molar-refractivity contribution is -0.124. The lowest BCUT2D eigenvalue weighted by Gasteiger charge is -2.07. The normalized spacial score (nSPS) is 10.0. The summed E-state index contributed by atoms with van der Waals surface area (Å²) in [5, 5.41) is 10.7. The number of benzene rings is 1. The van der Waals surface area contributed by atoms with Gasteiger partial charge in [0.1, 0.15) is 6.61 Å². The minimum absolute atomic E-state index is 0.0671. The molecule has 1 rings (SSSR count). The molecule has 0 saturated carbocycles. The van der Waals surface area contributed by atoms with E-state index in [0.717, 1.165) is 0 Å². The highest BCUT2D eigenvalue weighted by Crippen LogP contribution is 2.13. The van der Waals surface area contributed by atoms with E-state index >= 15 is 0 Å². The summed E-state index contributed by atoms with van der Waals surface area (Å²) in [6.07, 6.45) is 0. The van der Waals surface area contributed by atoms with E-state index in [1.165, 1.54) is 25.3 Å². The van der Waals surface area contributed by atoms with E-state index in [1.807, 2.05) is 0 Å². The first-order chi connectivity index (χ1) is 8.93. The highest BCUT2D eigenvalue weighted by atomic mass is 35.5. The molecule has 1 amide bonds. The summed E-state index contributed by atoms with van der Waals surface area (Å²) >= 11 is 5.33. The van der Waals surface area contributed by atoms with Gasteiger partial charge in [-0.25, -0.2) is 4.79 Å². The lowest BCUT2D eigenvalue weighted by atomic mass is 10.1. The second kappa shape index (κ2) is 6.86. The average molecular weight is 286 g/mol. The SMILES string of the molecule is COCC(=O)NCc1cc(C(=O)O)cc(C(=O)Cl)c1. The second-order valence-corrected chi connectivity index (χ2v) is 4.05. The number of ether oxygens (including phenoxy) is 1. The molecule has 1 aromatic carbocycles. The van der Waals surface area contributed by atoms with Crippen molar-refractivity contribution in [3.8, 4) is 0 Å². The monoisotopic (exact) mass is 285 g/mol. The Morgan fingerprint density at radius 3 is 2.42 bits per heavy atom. The van der Waals surface area contributed by atoms with Crippen LogP contribution in [-0.2, 0) is 16.1 Å². The Hall–Kier alpha value is -1.92. The van der Waals surface area contributed by atoms with Crippen molar-refractivity contribution in [1.29, 1.82) is 0 Å². The molecule has 0 aliphatic rings. The van der Waals surface area contributed by atoms with E-state index < -0.39 is 11.2 Å². The third-order valence-electron chi connectivity index (χ3n) is 2.23. The maximum Gasteiger partial charge on any atom is 0.335 e. The molecule has 0 saturated heterocycles. The zero-order valence-corrected chi connectivity index (χ0v) is 10.9. The molecule has 0 aromatic heterocycles. The molecule has 0 unspecified atom stereocenters. The Balaban J connectivity index is 2.90. The van der Waals surface area contributed by atoms with Crippen LogP contribution in [0.2, 0.25) is 0 Å². The quantitative estimate of drug-likeness (QED) is 0.762. The van der Waals surface area contributed by atoms with Crippen molar-refractivity contribution in [1.82, 2.24) is 5.32 Å². The number of aromatic carboxylic acids is 1. The molecule has 0 aliphatic heterocycles. The fourth-order valence-electron chi connectivity index (χ4n) is 1.41. The Bertz CT molecular complexity index is 483. The Morgan fingerprint density at radius 1 is 1.26 bits per heavy atom. The Kier molecular flexibility index (Phi) is 5.47. The summed E-state index contributed by atoms with van der Waals surface area (Å²) in [5.74, 6) is -1.52. The van der Waals surface area contributed by atoms with Crippen LogP contribution in [0, 0.1) is 0 Å². The molecule has 102 valence electrons. The van der Waals surface area contributed by atoms with Gasteiger partial charge in [-0.3, -0.25) is 9.59 Å². The number of nitrogens with one attached hydrogen (secondary N) is 1. The molecular weight excluding hydrogens is 274 g/mol. The molecule has 19 heavy (non-hydrogen) atoms. The second-order valence-electron chi connectivity index (χ2n) is 3.71. The third-order valence-corrected chi connectivity index (χ3v) is 2.45. The maximum absolute atomic E-state index is 11.2. The van der Waals surface area contributed by atoms with E-state index in [-0.39, 0.29) is 30.2 Å². The van der Waals surface area contributed by atoms with Gasteiger partial charge in [0.05, 0.1) is 5.56 Å². The highest BCUT2D eigenvalue weighted by Gasteiger charge is 2.11. The van der Waals surface area contributed by atoms with Gasteiger partial charge in [-0.1, -0.05) is 0 Å². The van der Waals surface area contributed by atoms with Gasteiger partial charge in [0.25, 0.3) is 5.24 Å². The fourth-order valence-corrected chi connectivity index (χ4v) is 1.52. The molecule has 2 N–H and O–H groups in total. The fraction of sp³-hybridized carbons (Fsp3) is 0.250. The number of carboxylic acid groups (broad SMARTS) is 1. The zero-order chi connectivity index (χ0) is 14.4. The number of halogens is 1. The molecule has 0 bridgehead atoms. The first-order valence-corrected chi connectivity index (χ1v) is 5.64. The minimum Gasteiger partial charge on any atom is -0.478 e.